The van der Waals surface area contributed by atoms with Crippen molar-refractivity contribution in [3.05, 3.63) is 24.3 Å². The number of methoxy groups -OCH3 is 2. The predicted molar refractivity (Wildman–Crippen MR) is 47.5 cm³/mol. The van der Waals surface area contributed by atoms with E-state index in [1.807, 2.05) is 24.3 Å². The number of hydrogen-bond acceptors (Lipinski definition) is 2. The normalized spacial score (nSPS) is 8.18. The third-order valence-electron chi connectivity index (χ3n) is 1.28. The van der Waals surface area contributed by atoms with E-state index >= 15 is 0 Å². The minimum Gasteiger partial charge on any atom is -1.00 e. The molecule has 1 aromatic carbocycles. The Kier molecular flexibility index (Phi) is 5.74. The van der Waals surface area contributed by atoms with Gasteiger partial charge in [-0.1, -0.05) is 6.07 Å². The molecule has 0 amide bonds. The van der Waals surface area contributed by atoms with E-state index in [1.165, 1.54) is 0 Å². The number of rotatable bonds is 2. The number of ether oxygens (including phenoxy) is 2. The van der Waals surface area contributed by atoms with Crippen molar-refractivity contribution < 1.29 is 12.3 Å². The van der Waals surface area contributed by atoms with E-state index in [-0.39, 0.29) is 40.6 Å². The molecule has 0 radical (unpaired) electrons. The first kappa shape index (κ1) is 11.1. The van der Waals surface area contributed by atoms with Crippen LogP contribution in [0.2, 0.25) is 0 Å². The quantitative estimate of drug-likeness (QED) is 0.643. The average molecular weight is 180 g/mol. The maximum atomic E-state index is 4.98. The summed E-state index contributed by atoms with van der Waals surface area (Å²) in [7, 11) is 3.27. The van der Waals surface area contributed by atoms with Crippen LogP contribution in [-0.4, -0.2) is 52.0 Å². The van der Waals surface area contributed by atoms with Gasteiger partial charge in [0.1, 0.15) is 11.5 Å². The van der Waals surface area contributed by atoms with Gasteiger partial charge in [0.25, 0.3) is 0 Å². The molecule has 0 spiro atoms. The van der Waals surface area contributed by atoms with Crippen LogP contribution in [0.5, 0.6) is 11.5 Å². The van der Waals surface area contributed by atoms with E-state index in [0.717, 1.165) is 11.5 Å². The van der Waals surface area contributed by atoms with Crippen molar-refractivity contribution in [1.82, 2.24) is 0 Å². The second-order valence-corrected chi connectivity index (χ2v) is 1.88. The van der Waals surface area contributed by atoms with Gasteiger partial charge < -0.3 is 12.3 Å². The fourth-order valence-corrected chi connectivity index (χ4v) is 0.728. The molecule has 3 heteroatoms. The molecule has 0 saturated heterocycles. The van der Waals surface area contributed by atoms with Gasteiger partial charge in [0.05, 0.1) is 14.2 Å². The molecule has 0 bridgehead atoms. The molecule has 0 aromatic heterocycles. The van der Waals surface area contributed by atoms with Gasteiger partial charge >= 0.3 is 37.7 Å². The predicted octanol–water partition coefficient (Wildman–Crippen LogP) is 1.55. The van der Waals surface area contributed by atoms with E-state index in [2.05, 4.69) is 0 Å². The Morgan fingerprint density at radius 2 is 1.55 bits per heavy atom. The Bertz CT molecular complexity index is 202. The molecule has 0 heterocycles. The minimum absolute atomic E-state index is 0. The van der Waals surface area contributed by atoms with Crippen molar-refractivity contribution >= 4 is 37.7 Å². The van der Waals surface area contributed by atoms with Crippen LogP contribution in [0.4, 0.5) is 0 Å². The van der Waals surface area contributed by atoms with Crippen LogP contribution in [-0.2, 0) is 0 Å². The summed E-state index contributed by atoms with van der Waals surface area (Å²) in [5.41, 5.74) is 0. The first-order valence-corrected chi connectivity index (χ1v) is 3.05. The van der Waals surface area contributed by atoms with Gasteiger partial charge in [-0.2, -0.15) is 0 Å². The maximum Gasteiger partial charge on any atom is 2.00 e. The molecule has 0 aliphatic rings. The molecule has 0 fully saturated rings. The zero-order chi connectivity index (χ0) is 7.40. The zero-order valence-corrected chi connectivity index (χ0v) is 9.04. The van der Waals surface area contributed by atoms with E-state index in [9.17, 15) is 0 Å². The maximum absolute atomic E-state index is 4.98. The molecular weight excluding hydrogens is 168 g/mol. The summed E-state index contributed by atoms with van der Waals surface area (Å²) in [6.07, 6.45) is 0. The van der Waals surface area contributed by atoms with Crippen molar-refractivity contribution in [2.45, 2.75) is 0 Å². The largest absolute Gasteiger partial charge is 2.00 e. The summed E-state index contributed by atoms with van der Waals surface area (Å²) >= 11 is 0. The zero-order valence-electron chi connectivity index (χ0n) is 8.83. The van der Waals surface area contributed by atoms with Crippen molar-refractivity contribution in [3.8, 4) is 11.5 Å². The van der Waals surface area contributed by atoms with Crippen LogP contribution in [0.1, 0.15) is 2.85 Å². The van der Waals surface area contributed by atoms with Gasteiger partial charge in [-0.15, -0.1) is 0 Å². The van der Waals surface area contributed by atoms with Crippen molar-refractivity contribution in [1.29, 1.82) is 0 Å². The summed E-state index contributed by atoms with van der Waals surface area (Å²) in [5, 5.41) is 0. The topological polar surface area (TPSA) is 18.5 Å². The molecule has 0 saturated carbocycles. The SMILES string of the molecule is COc1cccc(OC)c1.[Ca+2].[H-].[H-]. The first-order chi connectivity index (χ1) is 4.86. The molecule has 0 aliphatic heterocycles. The van der Waals surface area contributed by atoms with Gasteiger partial charge in [-0.3, -0.25) is 0 Å². The van der Waals surface area contributed by atoms with Gasteiger partial charge in [0, 0.05) is 6.07 Å². The third-order valence-corrected chi connectivity index (χ3v) is 1.28. The second-order valence-electron chi connectivity index (χ2n) is 1.88. The van der Waals surface area contributed by atoms with Crippen LogP contribution >= 0.6 is 0 Å². The molecule has 0 N–H and O–H groups in total. The van der Waals surface area contributed by atoms with Crippen molar-refractivity contribution in [2.75, 3.05) is 14.2 Å². The summed E-state index contributed by atoms with van der Waals surface area (Å²) in [6.45, 7) is 0. The molecule has 11 heavy (non-hydrogen) atoms. The Balaban J connectivity index is -0.000000333. The van der Waals surface area contributed by atoms with Crippen LogP contribution in [0.3, 0.4) is 0 Å². The molecule has 0 aliphatic carbocycles. The molecule has 1 rings (SSSR count). The average Bonchev–Trinajstić information content (AvgIpc) is 2.05. The van der Waals surface area contributed by atoms with Crippen molar-refractivity contribution in [2.24, 2.45) is 0 Å². The van der Waals surface area contributed by atoms with E-state index in [4.69, 9.17) is 9.47 Å². The molecule has 1 aromatic rings. The fourth-order valence-electron chi connectivity index (χ4n) is 0.728. The Morgan fingerprint density at radius 3 is 1.91 bits per heavy atom. The smallest absolute Gasteiger partial charge is 1.00 e. The first-order valence-electron chi connectivity index (χ1n) is 3.05. The van der Waals surface area contributed by atoms with E-state index in [1.54, 1.807) is 14.2 Å². The van der Waals surface area contributed by atoms with Crippen molar-refractivity contribution in [3.63, 3.8) is 0 Å². The fraction of sp³-hybridized carbons (Fsp3) is 0.250. The Morgan fingerprint density at radius 1 is 1.09 bits per heavy atom. The molecule has 0 unspecified atom stereocenters. The second kappa shape index (κ2) is 5.69. The van der Waals surface area contributed by atoms with Crippen LogP contribution in [0.15, 0.2) is 24.3 Å². The number of hydrogen-bond donors (Lipinski definition) is 0. The summed E-state index contributed by atoms with van der Waals surface area (Å²) < 4.78 is 9.95. The molecular formula is C8H12CaO2. The van der Waals surface area contributed by atoms with E-state index < -0.39 is 0 Å². The molecule has 58 valence electrons. The number of benzene rings is 1. The summed E-state index contributed by atoms with van der Waals surface area (Å²) in [5.74, 6) is 1.64. The van der Waals surface area contributed by atoms with Crippen LogP contribution < -0.4 is 9.47 Å². The summed E-state index contributed by atoms with van der Waals surface area (Å²) in [4.78, 5) is 0. The molecule has 0 atom stereocenters. The van der Waals surface area contributed by atoms with Gasteiger partial charge in [0.2, 0.25) is 0 Å². The Hall–Kier alpha value is 0.0797. The third kappa shape index (κ3) is 3.32. The van der Waals surface area contributed by atoms with E-state index in [0.29, 0.717) is 0 Å². The van der Waals surface area contributed by atoms with Gasteiger partial charge in [-0.25, -0.2) is 0 Å². The summed E-state index contributed by atoms with van der Waals surface area (Å²) in [6, 6.07) is 7.47. The van der Waals surface area contributed by atoms with Crippen LogP contribution in [0.25, 0.3) is 0 Å². The minimum atomic E-state index is 0. The monoisotopic (exact) mass is 180 g/mol. The van der Waals surface area contributed by atoms with Gasteiger partial charge in [0.15, 0.2) is 0 Å². The van der Waals surface area contributed by atoms with Crippen LogP contribution in [0, 0.1) is 0 Å². The van der Waals surface area contributed by atoms with Gasteiger partial charge in [-0.05, 0) is 12.1 Å². The standard InChI is InChI=1S/C8H10O2.Ca.2H/c1-9-7-4-3-5-8(6-7)10-2;;;/h3-6H,1-2H3;;;/q;+2;2*-1. The Labute approximate surface area is 99.5 Å². The molecule has 2 nitrogen and oxygen atoms in total.